The molecule has 0 bridgehead atoms. The lowest BCUT2D eigenvalue weighted by Crippen LogP contribution is -2.48. The molecule has 2 aromatic carbocycles. The number of hydrogen-bond acceptors (Lipinski definition) is 3. The molecule has 1 atom stereocenters. The number of nitriles is 1. The van der Waals surface area contributed by atoms with Gasteiger partial charge in [-0.1, -0.05) is 30.7 Å². The Balaban J connectivity index is 1.92. The number of anilines is 2. The van der Waals surface area contributed by atoms with Gasteiger partial charge in [-0.2, -0.15) is 5.26 Å². The molecule has 30 heavy (non-hydrogen) atoms. The smallest absolute Gasteiger partial charge is 0.266 e. The van der Waals surface area contributed by atoms with Crippen molar-refractivity contribution >= 4 is 35.0 Å². The molecule has 0 unspecified atom stereocenters. The summed E-state index contributed by atoms with van der Waals surface area (Å²) in [6.07, 6.45) is 2.71. The molecule has 0 fully saturated rings. The van der Waals surface area contributed by atoms with E-state index in [1.165, 1.54) is 11.3 Å². The fraction of sp³-hybridized carbons (Fsp3) is 0.360. The van der Waals surface area contributed by atoms with Crippen LogP contribution in [0.15, 0.2) is 42.0 Å². The Morgan fingerprint density at radius 1 is 1.37 bits per heavy atom. The highest BCUT2D eigenvalue weighted by Gasteiger charge is 2.35. The van der Waals surface area contributed by atoms with Crippen LogP contribution in [0.5, 0.6) is 0 Å². The Kier molecular flexibility index (Phi) is 6.24. The van der Waals surface area contributed by atoms with Gasteiger partial charge in [-0.25, -0.2) is 0 Å². The number of carbonyl (C=O) groups excluding carboxylic acids is 1. The maximum atomic E-state index is 12.7. The molecule has 4 nitrogen and oxygen atoms in total. The molecule has 0 spiro atoms. The number of benzene rings is 2. The summed E-state index contributed by atoms with van der Waals surface area (Å²) < 4.78 is 0. The lowest BCUT2D eigenvalue weighted by atomic mass is 9.79. The number of halogens is 1. The second-order valence-corrected chi connectivity index (χ2v) is 8.92. The number of fused-ring (bicyclic) bond motifs is 1. The molecule has 1 amide bonds. The standard InChI is InChI=1S/C25H28ClN3O/c1-6-29-23-11-10-18(13-20(23)16(2)14-25(29,4)5)12-19(15-27)24(30)28-22-9-7-8-21(26)17(22)3/h7-13,16H,6,14H2,1-5H3,(H,28,30)/b19-12-/t16-/m0/s1. The highest BCUT2D eigenvalue weighted by atomic mass is 35.5. The normalized spacial score (nSPS) is 17.8. The van der Waals surface area contributed by atoms with Gasteiger partial charge in [0, 0.05) is 28.5 Å². The van der Waals surface area contributed by atoms with Crippen LogP contribution in [0.25, 0.3) is 6.08 Å². The van der Waals surface area contributed by atoms with Crippen molar-refractivity contribution in [2.45, 2.75) is 52.5 Å². The van der Waals surface area contributed by atoms with Crippen LogP contribution in [-0.4, -0.2) is 18.0 Å². The first-order chi connectivity index (χ1) is 14.2. The molecule has 1 heterocycles. The minimum atomic E-state index is -0.440. The van der Waals surface area contributed by atoms with Gasteiger partial charge < -0.3 is 10.2 Å². The Bertz CT molecular complexity index is 1050. The van der Waals surface area contributed by atoms with Gasteiger partial charge in [0.2, 0.25) is 0 Å². The van der Waals surface area contributed by atoms with Crippen molar-refractivity contribution < 1.29 is 4.79 Å². The number of hydrogen-bond donors (Lipinski definition) is 1. The van der Waals surface area contributed by atoms with E-state index < -0.39 is 5.91 Å². The van der Waals surface area contributed by atoms with Gasteiger partial charge in [0.1, 0.15) is 11.6 Å². The number of nitrogens with zero attached hydrogens (tertiary/aromatic N) is 2. The van der Waals surface area contributed by atoms with Crippen molar-refractivity contribution in [2.24, 2.45) is 0 Å². The Hall–Kier alpha value is -2.77. The van der Waals surface area contributed by atoms with Crippen molar-refractivity contribution in [2.75, 3.05) is 16.8 Å². The fourth-order valence-corrected chi connectivity index (χ4v) is 4.62. The maximum absolute atomic E-state index is 12.7. The van der Waals surface area contributed by atoms with Crippen LogP contribution < -0.4 is 10.2 Å². The molecule has 0 saturated carbocycles. The Morgan fingerprint density at radius 2 is 2.10 bits per heavy atom. The average Bonchev–Trinajstić information content (AvgIpc) is 2.69. The molecule has 3 rings (SSSR count). The van der Waals surface area contributed by atoms with Gasteiger partial charge in [-0.3, -0.25) is 4.79 Å². The highest BCUT2D eigenvalue weighted by Crippen LogP contribution is 2.43. The first-order valence-corrected chi connectivity index (χ1v) is 10.7. The third kappa shape index (κ3) is 4.22. The molecule has 0 saturated heterocycles. The molecule has 156 valence electrons. The van der Waals surface area contributed by atoms with Gasteiger partial charge in [0.25, 0.3) is 5.91 Å². The van der Waals surface area contributed by atoms with Crippen molar-refractivity contribution in [3.05, 3.63) is 63.7 Å². The summed E-state index contributed by atoms with van der Waals surface area (Å²) in [7, 11) is 0. The lowest BCUT2D eigenvalue weighted by molar-refractivity contribution is -0.112. The van der Waals surface area contributed by atoms with E-state index in [2.05, 4.69) is 50.0 Å². The predicted molar refractivity (Wildman–Crippen MR) is 125 cm³/mol. The molecule has 1 aliphatic rings. The van der Waals surface area contributed by atoms with Gasteiger partial charge in [-0.05, 0) is 87.1 Å². The first kappa shape index (κ1) is 21.9. The molecular weight excluding hydrogens is 394 g/mol. The molecule has 0 radical (unpaired) electrons. The number of nitrogens with one attached hydrogen (secondary N) is 1. The summed E-state index contributed by atoms with van der Waals surface area (Å²) in [5.41, 5.74) is 4.88. The quantitative estimate of drug-likeness (QED) is 0.465. The summed E-state index contributed by atoms with van der Waals surface area (Å²) in [6, 6.07) is 13.5. The zero-order valence-electron chi connectivity index (χ0n) is 18.2. The topological polar surface area (TPSA) is 56.1 Å². The van der Waals surface area contributed by atoms with E-state index in [4.69, 9.17) is 11.6 Å². The zero-order valence-corrected chi connectivity index (χ0v) is 19.0. The van der Waals surface area contributed by atoms with Crippen LogP contribution in [0.2, 0.25) is 5.02 Å². The lowest BCUT2D eigenvalue weighted by Gasteiger charge is -2.47. The number of amides is 1. The molecule has 2 aromatic rings. The molecule has 1 aliphatic heterocycles. The highest BCUT2D eigenvalue weighted by molar-refractivity contribution is 6.31. The van der Waals surface area contributed by atoms with Crippen molar-refractivity contribution in [3.63, 3.8) is 0 Å². The van der Waals surface area contributed by atoms with E-state index in [9.17, 15) is 10.1 Å². The van der Waals surface area contributed by atoms with E-state index in [0.29, 0.717) is 16.6 Å². The summed E-state index contributed by atoms with van der Waals surface area (Å²) in [5.74, 6) is -0.0374. The molecule has 0 aromatic heterocycles. The van der Waals surface area contributed by atoms with Gasteiger partial charge in [0.05, 0.1) is 0 Å². The SMILES string of the molecule is CCN1c2ccc(/C=C(/C#N)C(=O)Nc3cccc(Cl)c3C)cc2[C@@H](C)CC1(C)C. The van der Waals surface area contributed by atoms with Crippen LogP contribution >= 0.6 is 11.6 Å². The maximum Gasteiger partial charge on any atom is 0.266 e. The summed E-state index contributed by atoms with van der Waals surface area (Å²) in [5, 5.41) is 13.0. The number of carbonyl (C=O) groups is 1. The van der Waals surface area contributed by atoms with Crippen LogP contribution in [0.1, 0.15) is 56.7 Å². The van der Waals surface area contributed by atoms with Crippen LogP contribution in [0.4, 0.5) is 11.4 Å². The second kappa shape index (κ2) is 8.53. The summed E-state index contributed by atoms with van der Waals surface area (Å²) >= 11 is 6.13. The zero-order chi connectivity index (χ0) is 22.1. The van der Waals surface area contributed by atoms with E-state index in [0.717, 1.165) is 24.1 Å². The third-order valence-corrected chi connectivity index (χ3v) is 6.33. The minimum Gasteiger partial charge on any atom is -0.366 e. The Labute approximate surface area is 184 Å². The van der Waals surface area contributed by atoms with Crippen LogP contribution in [-0.2, 0) is 4.79 Å². The third-order valence-electron chi connectivity index (χ3n) is 5.92. The molecule has 5 heteroatoms. The van der Waals surface area contributed by atoms with Gasteiger partial charge >= 0.3 is 0 Å². The number of rotatable bonds is 4. The predicted octanol–water partition coefficient (Wildman–Crippen LogP) is 6.31. The Morgan fingerprint density at radius 3 is 2.77 bits per heavy atom. The van der Waals surface area contributed by atoms with Crippen molar-refractivity contribution in [1.29, 1.82) is 5.26 Å². The van der Waals surface area contributed by atoms with E-state index >= 15 is 0 Å². The van der Waals surface area contributed by atoms with Gasteiger partial charge in [0.15, 0.2) is 0 Å². The largest absolute Gasteiger partial charge is 0.366 e. The van der Waals surface area contributed by atoms with E-state index in [1.807, 2.05) is 19.1 Å². The monoisotopic (exact) mass is 421 g/mol. The molecular formula is C25H28ClN3O. The summed E-state index contributed by atoms with van der Waals surface area (Å²) in [4.78, 5) is 15.1. The van der Waals surface area contributed by atoms with Crippen molar-refractivity contribution in [1.82, 2.24) is 0 Å². The molecule has 0 aliphatic carbocycles. The first-order valence-electron chi connectivity index (χ1n) is 10.3. The van der Waals surface area contributed by atoms with E-state index in [-0.39, 0.29) is 11.1 Å². The molecule has 1 N–H and O–H groups in total. The minimum absolute atomic E-state index is 0.0606. The van der Waals surface area contributed by atoms with Crippen LogP contribution in [0.3, 0.4) is 0 Å². The van der Waals surface area contributed by atoms with E-state index in [1.54, 1.807) is 24.3 Å². The second-order valence-electron chi connectivity index (χ2n) is 8.52. The van der Waals surface area contributed by atoms with Crippen LogP contribution in [0, 0.1) is 18.3 Å². The fourth-order valence-electron chi connectivity index (χ4n) is 4.44. The summed E-state index contributed by atoms with van der Waals surface area (Å²) in [6.45, 7) is 11.7. The average molecular weight is 422 g/mol. The van der Waals surface area contributed by atoms with Crippen molar-refractivity contribution in [3.8, 4) is 6.07 Å². The van der Waals surface area contributed by atoms with Gasteiger partial charge in [-0.15, -0.1) is 0 Å².